The summed E-state index contributed by atoms with van der Waals surface area (Å²) in [5.74, 6) is 2.69. The molecule has 0 amide bonds. The average molecular weight is 237 g/mol. The van der Waals surface area contributed by atoms with Crippen LogP contribution in [-0.4, -0.2) is 37.0 Å². The number of rotatable bonds is 4. The van der Waals surface area contributed by atoms with Crippen LogP contribution in [0, 0.1) is 5.92 Å². The van der Waals surface area contributed by atoms with Crippen molar-refractivity contribution in [2.75, 3.05) is 17.3 Å². The summed E-state index contributed by atoms with van der Waals surface area (Å²) in [5, 5.41) is -0.257. The minimum absolute atomic E-state index is 0.197. The zero-order chi connectivity index (χ0) is 10.8. The molecule has 1 saturated heterocycles. The van der Waals surface area contributed by atoms with Crippen LogP contribution in [0.3, 0.4) is 0 Å². The van der Waals surface area contributed by atoms with Crippen molar-refractivity contribution in [2.24, 2.45) is 11.7 Å². The molecule has 1 fully saturated rings. The van der Waals surface area contributed by atoms with Crippen molar-refractivity contribution < 1.29 is 8.42 Å². The van der Waals surface area contributed by atoms with Crippen LogP contribution in [0.2, 0.25) is 0 Å². The van der Waals surface area contributed by atoms with E-state index >= 15 is 0 Å². The molecule has 3 nitrogen and oxygen atoms in total. The summed E-state index contributed by atoms with van der Waals surface area (Å²) in [6.45, 7) is 3.47. The molecule has 2 N–H and O–H groups in total. The minimum atomic E-state index is -2.87. The molecule has 84 valence electrons. The van der Waals surface area contributed by atoms with E-state index < -0.39 is 9.84 Å². The Morgan fingerprint density at radius 2 is 2.07 bits per heavy atom. The Labute approximate surface area is 90.7 Å². The summed E-state index contributed by atoms with van der Waals surface area (Å²) in [4.78, 5) is 0. The van der Waals surface area contributed by atoms with Gasteiger partial charge in [-0.15, -0.1) is 0 Å². The molecular weight excluding hydrogens is 218 g/mol. The largest absolute Gasteiger partial charge is 0.327 e. The second kappa shape index (κ2) is 4.86. The maximum Gasteiger partial charge on any atom is 0.152 e. The molecule has 0 spiro atoms. The predicted molar refractivity (Wildman–Crippen MR) is 62.3 cm³/mol. The Morgan fingerprint density at radius 1 is 1.43 bits per heavy atom. The quantitative estimate of drug-likeness (QED) is 0.789. The van der Waals surface area contributed by atoms with Gasteiger partial charge in [0, 0.05) is 11.8 Å². The van der Waals surface area contributed by atoms with Gasteiger partial charge < -0.3 is 5.73 Å². The fraction of sp³-hybridized carbons (Fsp3) is 1.00. The van der Waals surface area contributed by atoms with Crippen LogP contribution >= 0.6 is 11.8 Å². The second-order valence-corrected chi connectivity index (χ2v) is 7.92. The predicted octanol–water partition coefficient (Wildman–Crippen LogP) is 0.890. The van der Waals surface area contributed by atoms with E-state index in [0.717, 1.165) is 17.9 Å². The lowest BCUT2D eigenvalue weighted by atomic mass is 10.0. The van der Waals surface area contributed by atoms with Crippen molar-refractivity contribution in [2.45, 2.75) is 31.6 Å². The van der Waals surface area contributed by atoms with Crippen molar-refractivity contribution in [3.63, 3.8) is 0 Å². The van der Waals surface area contributed by atoms with Crippen molar-refractivity contribution >= 4 is 21.6 Å². The van der Waals surface area contributed by atoms with Crippen molar-refractivity contribution in [3.05, 3.63) is 0 Å². The highest BCUT2D eigenvalue weighted by Gasteiger charge is 2.26. The summed E-state index contributed by atoms with van der Waals surface area (Å²) in [7, 11) is -2.87. The van der Waals surface area contributed by atoms with E-state index in [1.165, 1.54) is 0 Å². The average Bonchev–Trinajstić information content (AvgIpc) is 2.47. The van der Waals surface area contributed by atoms with Gasteiger partial charge in [-0.25, -0.2) is 8.42 Å². The van der Waals surface area contributed by atoms with Crippen molar-refractivity contribution in [1.29, 1.82) is 0 Å². The van der Waals surface area contributed by atoms with E-state index in [2.05, 4.69) is 0 Å². The highest BCUT2D eigenvalue weighted by atomic mass is 32.2. The van der Waals surface area contributed by atoms with Crippen molar-refractivity contribution in [1.82, 2.24) is 0 Å². The normalized spacial score (nSPS) is 28.6. The van der Waals surface area contributed by atoms with E-state index in [-0.39, 0.29) is 11.3 Å². The Kier molecular flexibility index (Phi) is 4.28. The summed E-state index contributed by atoms with van der Waals surface area (Å²) >= 11 is 1.83. The number of hydrogen-bond donors (Lipinski definition) is 1. The van der Waals surface area contributed by atoms with Crippen LogP contribution in [0.5, 0.6) is 0 Å². The van der Waals surface area contributed by atoms with Crippen LogP contribution in [0.1, 0.15) is 20.3 Å². The van der Waals surface area contributed by atoms with Gasteiger partial charge in [0.05, 0.1) is 11.0 Å². The number of sulfone groups is 1. The number of nitrogens with two attached hydrogens (primary N) is 1. The van der Waals surface area contributed by atoms with E-state index in [1.54, 1.807) is 13.8 Å². The van der Waals surface area contributed by atoms with Gasteiger partial charge in [-0.1, -0.05) is 0 Å². The topological polar surface area (TPSA) is 60.2 Å². The molecule has 0 radical (unpaired) electrons. The first-order chi connectivity index (χ1) is 6.43. The van der Waals surface area contributed by atoms with Gasteiger partial charge in [-0.05, 0) is 31.9 Å². The SMILES string of the molecule is CC(C)S(=O)(=O)CCC1CSCC1N. The van der Waals surface area contributed by atoms with Gasteiger partial charge in [0.25, 0.3) is 0 Å². The third-order valence-corrected chi connectivity index (χ3v) is 6.26. The van der Waals surface area contributed by atoms with Gasteiger partial charge in [0.15, 0.2) is 9.84 Å². The van der Waals surface area contributed by atoms with Crippen LogP contribution in [0.25, 0.3) is 0 Å². The smallest absolute Gasteiger partial charge is 0.152 e. The third-order valence-electron chi connectivity index (χ3n) is 2.74. The third kappa shape index (κ3) is 3.14. The Balaban J connectivity index is 2.40. The maximum absolute atomic E-state index is 11.5. The van der Waals surface area contributed by atoms with E-state index in [4.69, 9.17) is 5.73 Å². The summed E-state index contributed by atoms with van der Waals surface area (Å²) in [6, 6.07) is 0.197. The minimum Gasteiger partial charge on any atom is -0.327 e. The van der Waals surface area contributed by atoms with E-state index in [0.29, 0.717) is 11.7 Å². The number of hydrogen-bond acceptors (Lipinski definition) is 4. The molecule has 0 saturated carbocycles. The monoisotopic (exact) mass is 237 g/mol. The zero-order valence-electron chi connectivity index (χ0n) is 8.77. The van der Waals surface area contributed by atoms with Gasteiger partial charge in [0.2, 0.25) is 0 Å². The standard InChI is InChI=1S/C9H19NO2S2/c1-7(2)14(11,12)4-3-8-5-13-6-9(8)10/h7-9H,3-6,10H2,1-2H3. The van der Waals surface area contributed by atoms with Gasteiger partial charge in [-0.2, -0.15) is 11.8 Å². The molecular formula is C9H19NO2S2. The highest BCUT2D eigenvalue weighted by molar-refractivity contribution is 7.99. The summed E-state index contributed by atoms with van der Waals surface area (Å²) in [6.07, 6.45) is 0.731. The lowest BCUT2D eigenvalue weighted by Crippen LogP contribution is -2.30. The van der Waals surface area contributed by atoms with Crippen LogP contribution in [-0.2, 0) is 9.84 Å². The van der Waals surface area contributed by atoms with Crippen LogP contribution in [0.4, 0.5) is 0 Å². The molecule has 0 aromatic heterocycles. The first-order valence-corrected chi connectivity index (χ1v) is 7.85. The van der Waals surface area contributed by atoms with E-state index in [1.807, 2.05) is 11.8 Å². The van der Waals surface area contributed by atoms with Crippen LogP contribution in [0.15, 0.2) is 0 Å². The highest BCUT2D eigenvalue weighted by Crippen LogP contribution is 2.26. The fourth-order valence-electron chi connectivity index (χ4n) is 1.46. The molecule has 1 rings (SSSR count). The van der Waals surface area contributed by atoms with E-state index in [9.17, 15) is 8.42 Å². The molecule has 2 atom stereocenters. The molecule has 0 bridgehead atoms. The Bertz CT molecular complexity index is 275. The maximum atomic E-state index is 11.5. The molecule has 1 heterocycles. The Morgan fingerprint density at radius 3 is 2.50 bits per heavy atom. The number of thioether (sulfide) groups is 1. The Hall–Kier alpha value is 0.260. The molecule has 1 aliphatic rings. The fourth-order valence-corrected chi connectivity index (χ4v) is 3.96. The van der Waals surface area contributed by atoms with Gasteiger partial charge >= 0.3 is 0 Å². The first-order valence-electron chi connectivity index (χ1n) is 4.98. The van der Waals surface area contributed by atoms with Gasteiger partial charge in [0.1, 0.15) is 0 Å². The second-order valence-electron chi connectivity index (χ2n) is 4.17. The molecule has 0 aliphatic carbocycles. The summed E-state index contributed by atoms with van der Waals surface area (Å²) < 4.78 is 23.1. The molecule has 1 aliphatic heterocycles. The molecule has 2 unspecified atom stereocenters. The molecule has 0 aromatic carbocycles. The molecule has 5 heteroatoms. The van der Waals surface area contributed by atoms with Gasteiger partial charge in [-0.3, -0.25) is 0 Å². The summed E-state index contributed by atoms with van der Waals surface area (Å²) in [5.41, 5.74) is 5.87. The lowest BCUT2D eigenvalue weighted by molar-refractivity contribution is 0.496. The zero-order valence-corrected chi connectivity index (χ0v) is 10.4. The van der Waals surface area contributed by atoms with Crippen LogP contribution < -0.4 is 5.73 Å². The lowest BCUT2D eigenvalue weighted by Gasteiger charge is -2.15. The van der Waals surface area contributed by atoms with Crippen molar-refractivity contribution in [3.8, 4) is 0 Å². The molecule has 0 aromatic rings. The molecule has 14 heavy (non-hydrogen) atoms. The first kappa shape index (κ1) is 12.3.